The molecule has 1 aromatic carbocycles. The van der Waals surface area contributed by atoms with Crippen molar-refractivity contribution < 1.29 is 14.3 Å². The number of nitrogen functional groups attached to an aromatic ring is 1. The maximum absolute atomic E-state index is 12.1. The standard InChI is InChI=1S/C14H20N2O3/c1-9(2)5-6-16-14(17)11-7-10(18-3)8-12(19-4)13(11)15/h5,7-8H,6,15H2,1-4H3,(H,16,17). The van der Waals surface area contributed by atoms with Crippen LogP contribution in [-0.4, -0.2) is 26.7 Å². The third kappa shape index (κ3) is 3.91. The number of benzene rings is 1. The van der Waals surface area contributed by atoms with E-state index in [1.165, 1.54) is 14.2 Å². The first-order valence-corrected chi connectivity index (χ1v) is 5.92. The Morgan fingerprint density at radius 2 is 2.00 bits per heavy atom. The summed E-state index contributed by atoms with van der Waals surface area (Å²) in [7, 11) is 3.02. The van der Waals surface area contributed by atoms with Gasteiger partial charge in [0.25, 0.3) is 5.91 Å². The highest BCUT2D eigenvalue weighted by atomic mass is 16.5. The van der Waals surface area contributed by atoms with Crippen LogP contribution < -0.4 is 20.5 Å². The second kappa shape index (κ2) is 6.68. The molecule has 0 heterocycles. The fourth-order valence-electron chi connectivity index (χ4n) is 1.52. The van der Waals surface area contributed by atoms with E-state index in [2.05, 4.69) is 5.32 Å². The molecular weight excluding hydrogens is 244 g/mol. The third-order valence-electron chi connectivity index (χ3n) is 2.59. The number of hydrogen-bond donors (Lipinski definition) is 2. The number of carbonyl (C=O) groups is 1. The maximum atomic E-state index is 12.1. The summed E-state index contributed by atoms with van der Waals surface area (Å²) in [6.07, 6.45) is 1.92. The number of rotatable bonds is 5. The van der Waals surface area contributed by atoms with E-state index in [-0.39, 0.29) is 5.91 Å². The van der Waals surface area contributed by atoms with Crippen molar-refractivity contribution in [3.8, 4) is 11.5 Å². The number of amides is 1. The van der Waals surface area contributed by atoms with Gasteiger partial charge in [-0.25, -0.2) is 0 Å². The van der Waals surface area contributed by atoms with Gasteiger partial charge < -0.3 is 20.5 Å². The Morgan fingerprint density at radius 3 is 2.53 bits per heavy atom. The van der Waals surface area contributed by atoms with Crippen LogP contribution in [-0.2, 0) is 0 Å². The lowest BCUT2D eigenvalue weighted by Crippen LogP contribution is -2.24. The molecule has 0 unspecified atom stereocenters. The smallest absolute Gasteiger partial charge is 0.253 e. The Labute approximate surface area is 113 Å². The van der Waals surface area contributed by atoms with Crippen LogP contribution in [0.3, 0.4) is 0 Å². The van der Waals surface area contributed by atoms with E-state index in [0.717, 1.165) is 5.57 Å². The van der Waals surface area contributed by atoms with E-state index in [9.17, 15) is 4.79 Å². The number of nitrogens with one attached hydrogen (secondary N) is 1. The molecule has 3 N–H and O–H groups in total. The van der Waals surface area contributed by atoms with Gasteiger partial charge in [0.15, 0.2) is 0 Å². The van der Waals surface area contributed by atoms with Crippen LogP contribution in [0.2, 0.25) is 0 Å². The number of methoxy groups -OCH3 is 2. The van der Waals surface area contributed by atoms with E-state index in [1.807, 2.05) is 19.9 Å². The molecule has 1 aromatic rings. The molecule has 0 bridgehead atoms. The first-order valence-electron chi connectivity index (χ1n) is 5.92. The topological polar surface area (TPSA) is 73.6 Å². The second-order valence-electron chi connectivity index (χ2n) is 4.28. The van der Waals surface area contributed by atoms with Gasteiger partial charge in [-0.1, -0.05) is 11.6 Å². The normalized spacial score (nSPS) is 9.68. The van der Waals surface area contributed by atoms with Gasteiger partial charge in [-0.2, -0.15) is 0 Å². The summed E-state index contributed by atoms with van der Waals surface area (Å²) < 4.78 is 10.2. The summed E-state index contributed by atoms with van der Waals surface area (Å²) in [4.78, 5) is 12.1. The van der Waals surface area contributed by atoms with Crippen molar-refractivity contribution in [2.75, 3.05) is 26.5 Å². The highest BCUT2D eigenvalue weighted by molar-refractivity contribution is 6.01. The molecule has 0 aliphatic carbocycles. The highest BCUT2D eigenvalue weighted by Crippen LogP contribution is 2.30. The Morgan fingerprint density at radius 1 is 1.32 bits per heavy atom. The lowest BCUT2D eigenvalue weighted by Gasteiger charge is -2.12. The zero-order valence-electron chi connectivity index (χ0n) is 11.7. The maximum Gasteiger partial charge on any atom is 0.253 e. The third-order valence-corrected chi connectivity index (χ3v) is 2.59. The predicted octanol–water partition coefficient (Wildman–Crippen LogP) is 1.98. The van der Waals surface area contributed by atoms with E-state index in [0.29, 0.717) is 29.3 Å². The molecule has 1 rings (SSSR count). The monoisotopic (exact) mass is 264 g/mol. The molecular formula is C14H20N2O3. The highest BCUT2D eigenvalue weighted by Gasteiger charge is 2.15. The van der Waals surface area contributed by atoms with Crippen LogP contribution in [0, 0.1) is 0 Å². The Bertz CT molecular complexity index is 492. The van der Waals surface area contributed by atoms with Crippen LogP contribution in [0.1, 0.15) is 24.2 Å². The molecule has 0 radical (unpaired) electrons. The van der Waals surface area contributed by atoms with Crippen LogP contribution in [0.5, 0.6) is 11.5 Å². The summed E-state index contributed by atoms with van der Waals surface area (Å²) in [5.41, 5.74) is 7.68. The van der Waals surface area contributed by atoms with Crippen molar-refractivity contribution >= 4 is 11.6 Å². The number of hydrogen-bond acceptors (Lipinski definition) is 4. The molecule has 0 atom stereocenters. The zero-order valence-corrected chi connectivity index (χ0v) is 11.7. The second-order valence-corrected chi connectivity index (χ2v) is 4.28. The summed E-state index contributed by atoms with van der Waals surface area (Å²) in [5, 5.41) is 2.77. The van der Waals surface area contributed by atoms with Gasteiger partial charge in [0.1, 0.15) is 11.5 Å². The summed E-state index contributed by atoms with van der Waals surface area (Å²) >= 11 is 0. The van der Waals surface area contributed by atoms with Crippen LogP contribution >= 0.6 is 0 Å². The van der Waals surface area contributed by atoms with Crippen LogP contribution in [0.4, 0.5) is 5.69 Å². The minimum absolute atomic E-state index is 0.257. The van der Waals surface area contributed by atoms with Crippen LogP contribution in [0.25, 0.3) is 0 Å². The van der Waals surface area contributed by atoms with E-state index >= 15 is 0 Å². The van der Waals surface area contributed by atoms with Crippen molar-refractivity contribution in [3.05, 3.63) is 29.3 Å². The molecule has 19 heavy (non-hydrogen) atoms. The van der Waals surface area contributed by atoms with Gasteiger partial charge in [0.2, 0.25) is 0 Å². The minimum atomic E-state index is -0.257. The Hall–Kier alpha value is -2.17. The summed E-state index contributed by atoms with van der Waals surface area (Å²) in [5.74, 6) is 0.692. The molecule has 5 nitrogen and oxygen atoms in total. The van der Waals surface area contributed by atoms with Gasteiger partial charge in [-0.3, -0.25) is 4.79 Å². The first-order chi connectivity index (χ1) is 8.99. The molecule has 104 valence electrons. The molecule has 0 saturated heterocycles. The zero-order chi connectivity index (χ0) is 14.4. The molecule has 0 saturated carbocycles. The average Bonchev–Trinajstić information content (AvgIpc) is 2.38. The lowest BCUT2D eigenvalue weighted by atomic mass is 10.1. The van der Waals surface area contributed by atoms with Crippen molar-refractivity contribution in [1.82, 2.24) is 5.32 Å². The fraction of sp³-hybridized carbons (Fsp3) is 0.357. The van der Waals surface area contributed by atoms with Crippen molar-refractivity contribution in [3.63, 3.8) is 0 Å². The molecule has 0 aromatic heterocycles. The van der Waals surface area contributed by atoms with Gasteiger partial charge in [0.05, 0.1) is 25.5 Å². The van der Waals surface area contributed by atoms with Crippen molar-refractivity contribution in [2.24, 2.45) is 0 Å². The minimum Gasteiger partial charge on any atom is -0.497 e. The Kier molecular flexibility index (Phi) is 5.23. The number of anilines is 1. The van der Waals surface area contributed by atoms with E-state index in [4.69, 9.17) is 15.2 Å². The molecule has 0 fully saturated rings. The number of nitrogens with two attached hydrogens (primary N) is 1. The number of ether oxygens (including phenoxy) is 2. The molecule has 5 heteroatoms. The molecule has 0 aliphatic heterocycles. The van der Waals surface area contributed by atoms with Crippen molar-refractivity contribution in [1.29, 1.82) is 0 Å². The number of carbonyl (C=O) groups excluding carboxylic acids is 1. The first kappa shape index (κ1) is 14.9. The van der Waals surface area contributed by atoms with Crippen molar-refractivity contribution in [2.45, 2.75) is 13.8 Å². The summed E-state index contributed by atoms with van der Waals surface area (Å²) in [6, 6.07) is 3.23. The predicted molar refractivity (Wildman–Crippen MR) is 75.7 cm³/mol. The number of allylic oxidation sites excluding steroid dienone is 1. The average molecular weight is 264 g/mol. The quantitative estimate of drug-likeness (QED) is 0.630. The summed E-state index contributed by atoms with van der Waals surface area (Å²) in [6.45, 7) is 4.39. The fourth-order valence-corrected chi connectivity index (χ4v) is 1.52. The largest absolute Gasteiger partial charge is 0.497 e. The molecule has 0 aliphatic rings. The SMILES string of the molecule is COc1cc(OC)c(N)c(C(=O)NCC=C(C)C)c1. The van der Waals surface area contributed by atoms with Crippen LogP contribution in [0.15, 0.2) is 23.8 Å². The lowest BCUT2D eigenvalue weighted by molar-refractivity contribution is 0.0958. The van der Waals surface area contributed by atoms with Gasteiger partial charge in [0, 0.05) is 12.6 Å². The van der Waals surface area contributed by atoms with E-state index in [1.54, 1.807) is 12.1 Å². The van der Waals surface area contributed by atoms with Gasteiger partial charge >= 0.3 is 0 Å². The molecule has 0 spiro atoms. The van der Waals surface area contributed by atoms with Gasteiger partial charge in [-0.05, 0) is 19.9 Å². The van der Waals surface area contributed by atoms with E-state index < -0.39 is 0 Å². The Balaban J connectivity index is 2.98. The van der Waals surface area contributed by atoms with Gasteiger partial charge in [-0.15, -0.1) is 0 Å². The molecule has 1 amide bonds.